The van der Waals surface area contributed by atoms with Crippen LogP contribution in [0.25, 0.3) is 39.8 Å². The van der Waals surface area contributed by atoms with Crippen molar-refractivity contribution in [3.8, 4) is 22.7 Å². The number of H-pyrrole nitrogens is 1. The van der Waals surface area contributed by atoms with Crippen LogP contribution in [0.1, 0.15) is 11.3 Å². The van der Waals surface area contributed by atoms with E-state index in [1.165, 1.54) is 6.08 Å². The average molecular weight is 513 g/mol. The van der Waals surface area contributed by atoms with Gasteiger partial charge in [-0.25, -0.2) is 4.98 Å². The van der Waals surface area contributed by atoms with Crippen molar-refractivity contribution in [1.29, 1.82) is 0 Å². The Morgan fingerprint density at radius 1 is 1.03 bits per heavy atom. The number of para-hydroxylation sites is 2. The monoisotopic (exact) mass is 512 g/mol. The van der Waals surface area contributed by atoms with Crippen LogP contribution in [0.5, 0.6) is 0 Å². The number of carbonyl (C=O) groups is 1. The number of fused-ring (bicyclic) bond motifs is 1. The Morgan fingerprint density at radius 3 is 2.72 bits per heavy atom. The molecular formula is C28H21ClN4O2S. The lowest BCUT2D eigenvalue weighted by Crippen LogP contribution is -2.32. The molecule has 8 heteroatoms. The summed E-state index contributed by atoms with van der Waals surface area (Å²) in [5, 5.41) is 6.53. The number of hydrogen-bond donors (Lipinski definition) is 3. The van der Waals surface area contributed by atoms with Gasteiger partial charge in [0.25, 0.3) is 0 Å². The van der Waals surface area contributed by atoms with Crippen LogP contribution in [-0.4, -0.2) is 21.0 Å². The molecule has 3 aromatic carbocycles. The highest BCUT2D eigenvalue weighted by molar-refractivity contribution is 7.80. The topological polar surface area (TPSA) is 83.0 Å². The first-order chi connectivity index (χ1) is 17.4. The van der Waals surface area contributed by atoms with Gasteiger partial charge in [-0.3, -0.25) is 10.1 Å². The van der Waals surface area contributed by atoms with Gasteiger partial charge in [0.1, 0.15) is 17.3 Å². The van der Waals surface area contributed by atoms with Crippen molar-refractivity contribution in [2.75, 3.05) is 5.32 Å². The lowest BCUT2D eigenvalue weighted by molar-refractivity contribution is -0.115. The SMILES string of the molecule is Cc1ccc(-c2ccc(/C=C/C(=O)NC(=S)Nc3cccc(-c4nc5ccccc5[nH]4)c3)o2)cc1Cl. The maximum absolute atomic E-state index is 12.4. The van der Waals surface area contributed by atoms with E-state index in [9.17, 15) is 4.79 Å². The molecule has 0 radical (unpaired) electrons. The molecule has 5 rings (SSSR count). The second-order valence-corrected chi connectivity index (χ2v) is 8.94. The summed E-state index contributed by atoms with van der Waals surface area (Å²) in [6.45, 7) is 1.94. The minimum Gasteiger partial charge on any atom is -0.457 e. The molecular weight excluding hydrogens is 492 g/mol. The predicted molar refractivity (Wildman–Crippen MR) is 149 cm³/mol. The Kier molecular flexibility index (Phi) is 6.66. The Bertz CT molecular complexity index is 1590. The lowest BCUT2D eigenvalue weighted by Gasteiger charge is -2.09. The van der Waals surface area contributed by atoms with Gasteiger partial charge in [-0.1, -0.05) is 48.0 Å². The molecule has 0 saturated heterocycles. The number of amides is 1. The van der Waals surface area contributed by atoms with Crippen molar-refractivity contribution in [3.63, 3.8) is 0 Å². The van der Waals surface area contributed by atoms with Crippen LogP contribution in [0.2, 0.25) is 5.02 Å². The van der Waals surface area contributed by atoms with E-state index in [2.05, 4.69) is 20.6 Å². The van der Waals surface area contributed by atoms with Gasteiger partial charge in [-0.05, 0) is 73.2 Å². The van der Waals surface area contributed by atoms with Crippen LogP contribution in [-0.2, 0) is 4.79 Å². The maximum atomic E-state index is 12.4. The molecule has 36 heavy (non-hydrogen) atoms. The molecule has 6 nitrogen and oxygen atoms in total. The standard InChI is InChI=1S/C28H21ClN4O2S/c1-17-9-10-18(16-22(17)29)25-13-11-21(35-25)12-14-26(34)33-28(36)30-20-6-4-5-19(15-20)27-31-23-7-2-3-8-24(23)32-27/h2-16H,1H3,(H,31,32)(H2,30,33,34,36)/b14-12+. The van der Waals surface area contributed by atoms with Crippen molar-refractivity contribution < 1.29 is 9.21 Å². The van der Waals surface area contributed by atoms with E-state index in [0.717, 1.165) is 39.2 Å². The molecule has 0 fully saturated rings. The molecule has 0 bridgehead atoms. The van der Waals surface area contributed by atoms with Crippen LogP contribution in [0, 0.1) is 6.92 Å². The molecule has 0 aliphatic rings. The first-order valence-electron chi connectivity index (χ1n) is 11.2. The van der Waals surface area contributed by atoms with E-state index in [-0.39, 0.29) is 11.0 Å². The number of hydrogen-bond acceptors (Lipinski definition) is 4. The number of rotatable bonds is 5. The highest BCUT2D eigenvalue weighted by atomic mass is 35.5. The number of thiocarbonyl (C=S) groups is 1. The van der Waals surface area contributed by atoms with E-state index in [0.29, 0.717) is 16.5 Å². The van der Waals surface area contributed by atoms with Crippen molar-refractivity contribution in [3.05, 3.63) is 101 Å². The fraction of sp³-hybridized carbons (Fsp3) is 0.0357. The van der Waals surface area contributed by atoms with Crippen LogP contribution >= 0.6 is 23.8 Å². The van der Waals surface area contributed by atoms with Gasteiger partial charge in [-0.2, -0.15) is 0 Å². The summed E-state index contributed by atoms with van der Waals surface area (Å²) in [5.74, 6) is 1.58. The molecule has 3 N–H and O–H groups in total. The molecule has 2 heterocycles. The summed E-state index contributed by atoms with van der Waals surface area (Å²) in [4.78, 5) is 20.3. The highest BCUT2D eigenvalue weighted by Crippen LogP contribution is 2.27. The Balaban J connectivity index is 1.20. The van der Waals surface area contributed by atoms with Gasteiger partial charge >= 0.3 is 0 Å². The van der Waals surface area contributed by atoms with E-state index < -0.39 is 0 Å². The summed E-state index contributed by atoms with van der Waals surface area (Å²) in [5.41, 5.74) is 5.35. The zero-order valence-electron chi connectivity index (χ0n) is 19.2. The molecule has 0 aliphatic carbocycles. The fourth-order valence-electron chi connectivity index (χ4n) is 3.65. The maximum Gasteiger partial charge on any atom is 0.250 e. The third-order valence-electron chi connectivity index (χ3n) is 5.50. The van der Waals surface area contributed by atoms with Gasteiger partial charge in [0.2, 0.25) is 5.91 Å². The van der Waals surface area contributed by atoms with E-state index in [1.54, 1.807) is 12.1 Å². The van der Waals surface area contributed by atoms with E-state index in [4.69, 9.17) is 28.2 Å². The molecule has 5 aromatic rings. The van der Waals surface area contributed by atoms with Crippen molar-refractivity contribution in [2.45, 2.75) is 6.92 Å². The number of anilines is 1. The molecule has 0 atom stereocenters. The summed E-state index contributed by atoms with van der Waals surface area (Å²) in [6, 6.07) is 24.8. The lowest BCUT2D eigenvalue weighted by atomic mass is 10.1. The molecule has 2 aromatic heterocycles. The number of benzene rings is 3. The molecule has 1 amide bonds. The third-order valence-corrected chi connectivity index (χ3v) is 6.11. The molecule has 0 aliphatic heterocycles. The number of furan rings is 1. The van der Waals surface area contributed by atoms with Crippen LogP contribution < -0.4 is 10.6 Å². The van der Waals surface area contributed by atoms with Crippen LogP contribution in [0.15, 0.2) is 89.4 Å². The Labute approximate surface area is 218 Å². The highest BCUT2D eigenvalue weighted by Gasteiger charge is 2.08. The van der Waals surface area contributed by atoms with E-state index in [1.807, 2.05) is 79.7 Å². The van der Waals surface area contributed by atoms with Gasteiger partial charge < -0.3 is 14.7 Å². The zero-order chi connectivity index (χ0) is 25.1. The summed E-state index contributed by atoms with van der Waals surface area (Å²) in [6.07, 6.45) is 2.95. The number of aromatic amines is 1. The summed E-state index contributed by atoms with van der Waals surface area (Å²) < 4.78 is 5.81. The second kappa shape index (κ2) is 10.2. The van der Waals surface area contributed by atoms with Gasteiger partial charge in [-0.15, -0.1) is 0 Å². The number of carbonyl (C=O) groups excluding carboxylic acids is 1. The van der Waals surface area contributed by atoms with Gasteiger partial charge in [0.05, 0.1) is 11.0 Å². The van der Waals surface area contributed by atoms with Crippen molar-refractivity contribution in [2.24, 2.45) is 0 Å². The predicted octanol–water partition coefficient (Wildman–Crippen LogP) is 6.98. The first kappa shape index (κ1) is 23.5. The third kappa shape index (κ3) is 5.38. The van der Waals surface area contributed by atoms with Crippen molar-refractivity contribution >= 4 is 57.6 Å². The summed E-state index contributed by atoms with van der Waals surface area (Å²) >= 11 is 11.5. The number of aryl methyl sites for hydroxylation is 1. The number of nitrogens with zero attached hydrogens (tertiary/aromatic N) is 1. The smallest absolute Gasteiger partial charge is 0.250 e. The minimum absolute atomic E-state index is 0.181. The molecule has 178 valence electrons. The van der Waals surface area contributed by atoms with Crippen LogP contribution in [0.3, 0.4) is 0 Å². The van der Waals surface area contributed by atoms with Gasteiger partial charge in [0, 0.05) is 27.9 Å². The minimum atomic E-state index is -0.378. The quantitative estimate of drug-likeness (QED) is 0.175. The average Bonchev–Trinajstić information content (AvgIpc) is 3.52. The van der Waals surface area contributed by atoms with E-state index >= 15 is 0 Å². The second-order valence-electron chi connectivity index (χ2n) is 8.13. The normalized spacial score (nSPS) is 11.2. The number of aromatic nitrogens is 2. The van der Waals surface area contributed by atoms with Crippen LogP contribution in [0.4, 0.5) is 5.69 Å². The first-order valence-corrected chi connectivity index (χ1v) is 11.9. The fourth-order valence-corrected chi connectivity index (χ4v) is 4.05. The Morgan fingerprint density at radius 2 is 1.89 bits per heavy atom. The zero-order valence-corrected chi connectivity index (χ0v) is 20.8. The van der Waals surface area contributed by atoms with Crippen molar-refractivity contribution in [1.82, 2.24) is 15.3 Å². The molecule has 0 saturated carbocycles. The Hall–Kier alpha value is -4.20. The van der Waals surface area contributed by atoms with Gasteiger partial charge in [0.15, 0.2) is 5.11 Å². The summed E-state index contributed by atoms with van der Waals surface area (Å²) in [7, 11) is 0. The molecule has 0 unspecified atom stereocenters. The number of halogens is 1. The number of nitrogens with one attached hydrogen (secondary N) is 3. The molecule has 0 spiro atoms. The number of imidazole rings is 1. The largest absolute Gasteiger partial charge is 0.457 e.